The Morgan fingerprint density at radius 1 is 0.812 bits per heavy atom. The maximum Gasteiger partial charge on any atom is 0.195 e. The molecule has 2 aromatic carbocycles. The molecule has 0 bridgehead atoms. The number of carbonyl (C=O) groups excluding carboxylic acids is 1. The zero-order chi connectivity index (χ0) is 21.9. The highest BCUT2D eigenvalue weighted by atomic mass is 16.3. The van der Waals surface area contributed by atoms with Crippen LogP contribution in [0.4, 0.5) is 0 Å². The normalized spacial score (nSPS) is 10.8. The third-order valence-electron chi connectivity index (χ3n) is 5.36. The molecule has 0 saturated heterocycles. The second-order valence-electron chi connectivity index (χ2n) is 7.29. The van der Waals surface area contributed by atoms with Crippen molar-refractivity contribution < 1.29 is 9.21 Å². The fraction of sp³-hybridized carbons (Fsp3) is 0. The first-order chi connectivity index (χ1) is 15.8. The van der Waals surface area contributed by atoms with E-state index in [4.69, 9.17) is 9.40 Å². The fourth-order valence-electron chi connectivity index (χ4n) is 3.83. The SMILES string of the molecule is C=Cn1c(-c2ccccc2)ccc1-c1nc(-c2ccco2)ccc1C(=O)c1ccccc1. The summed E-state index contributed by atoms with van der Waals surface area (Å²) in [4.78, 5) is 18.3. The zero-order valence-corrected chi connectivity index (χ0v) is 17.3. The number of benzene rings is 2. The Morgan fingerprint density at radius 3 is 2.22 bits per heavy atom. The van der Waals surface area contributed by atoms with E-state index in [1.165, 1.54) is 0 Å². The minimum Gasteiger partial charge on any atom is -0.463 e. The highest BCUT2D eigenvalue weighted by Gasteiger charge is 2.21. The quantitative estimate of drug-likeness (QED) is 0.286. The second kappa shape index (κ2) is 8.36. The standard InChI is InChI=1S/C28H20N2O2/c1-2-30-24(20-10-5-3-6-11-20)17-18-25(30)27-22(28(31)21-12-7-4-8-13-21)15-16-23(29-27)26-14-9-19-32-26/h2-19H,1H2. The molecular weight excluding hydrogens is 396 g/mol. The van der Waals surface area contributed by atoms with E-state index in [0.29, 0.717) is 28.3 Å². The first-order valence-corrected chi connectivity index (χ1v) is 10.3. The summed E-state index contributed by atoms with van der Waals surface area (Å²) in [6, 6.07) is 30.6. The lowest BCUT2D eigenvalue weighted by molar-refractivity contribution is 0.103. The second-order valence-corrected chi connectivity index (χ2v) is 7.29. The van der Waals surface area contributed by atoms with Gasteiger partial charge < -0.3 is 8.98 Å². The lowest BCUT2D eigenvalue weighted by atomic mass is 9.99. The lowest BCUT2D eigenvalue weighted by Crippen LogP contribution is -2.07. The highest BCUT2D eigenvalue weighted by molar-refractivity contribution is 6.12. The van der Waals surface area contributed by atoms with Crippen LogP contribution in [0.3, 0.4) is 0 Å². The Hall–Kier alpha value is -4.44. The van der Waals surface area contributed by atoms with Crippen LogP contribution in [0.25, 0.3) is 40.3 Å². The molecule has 32 heavy (non-hydrogen) atoms. The molecule has 5 rings (SSSR count). The maximum absolute atomic E-state index is 13.4. The number of hydrogen-bond donors (Lipinski definition) is 0. The molecule has 0 fully saturated rings. The molecule has 3 heterocycles. The Kier molecular flexibility index (Phi) is 5.10. The summed E-state index contributed by atoms with van der Waals surface area (Å²) in [5.74, 6) is 0.558. The van der Waals surface area contributed by atoms with Crippen LogP contribution in [-0.2, 0) is 0 Å². The number of pyridine rings is 1. The molecule has 0 radical (unpaired) electrons. The topological polar surface area (TPSA) is 48.0 Å². The zero-order valence-electron chi connectivity index (χ0n) is 17.3. The van der Waals surface area contributed by atoms with Gasteiger partial charge in [0.05, 0.1) is 28.9 Å². The minimum absolute atomic E-state index is 0.0860. The Balaban J connectivity index is 1.72. The van der Waals surface area contributed by atoms with Gasteiger partial charge in [-0.1, -0.05) is 67.2 Å². The predicted octanol–water partition coefficient (Wildman–Crippen LogP) is 6.81. The summed E-state index contributed by atoms with van der Waals surface area (Å²) in [5, 5.41) is 0. The van der Waals surface area contributed by atoms with Gasteiger partial charge in [-0.15, -0.1) is 0 Å². The van der Waals surface area contributed by atoms with E-state index in [9.17, 15) is 4.79 Å². The molecule has 0 amide bonds. The summed E-state index contributed by atoms with van der Waals surface area (Å²) in [7, 11) is 0. The minimum atomic E-state index is -0.0860. The van der Waals surface area contributed by atoms with Crippen LogP contribution >= 0.6 is 0 Å². The van der Waals surface area contributed by atoms with Crippen LogP contribution in [0.5, 0.6) is 0 Å². The molecule has 0 aliphatic heterocycles. The van der Waals surface area contributed by atoms with Crippen molar-refractivity contribution in [1.29, 1.82) is 0 Å². The van der Waals surface area contributed by atoms with Gasteiger partial charge in [0.15, 0.2) is 11.5 Å². The molecular formula is C28H20N2O2. The van der Waals surface area contributed by atoms with Crippen molar-refractivity contribution in [1.82, 2.24) is 9.55 Å². The summed E-state index contributed by atoms with van der Waals surface area (Å²) in [5.41, 5.74) is 5.18. The van der Waals surface area contributed by atoms with Crippen molar-refractivity contribution in [3.63, 3.8) is 0 Å². The van der Waals surface area contributed by atoms with E-state index >= 15 is 0 Å². The average Bonchev–Trinajstić information content (AvgIpc) is 3.54. The smallest absolute Gasteiger partial charge is 0.195 e. The number of furan rings is 1. The van der Waals surface area contributed by atoms with Crippen molar-refractivity contribution in [3.8, 4) is 34.1 Å². The third kappa shape index (κ3) is 3.48. The summed E-state index contributed by atoms with van der Waals surface area (Å²) >= 11 is 0. The number of carbonyl (C=O) groups is 1. The van der Waals surface area contributed by atoms with Crippen LogP contribution in [0.1, 0.15) is 15.9 Å². The number of ketones is 1. The van der Waals surface area contributed by atoms with Gasteiger partial charge in [-0.2, -0.15) is 0 Å². The van der Waals surface area contributed by atoms with Crippen molar-refractivity contribution in [2.24, 2.45) is 0 Å². The Bertz CT molecular complexity index is 1380. The lowest BCUT2D eigenvalue weighted by Gasteiger charge is -2.13. The molecule has 0 saturated carbocycles. The number of hydrogen-bond acceptors (Lipinski definition) is 3. The molecule has 0 aliphatic rings. The van der Waals surface area contributed by atoms with Gasteiger partial charge in [-0.3, -0.25) is 4.79 Å². The van der Waals surface area contributed by atoms with E-state index < -0.39 is 0 Å². The van der Waals surface area contributed by atoms with Gasteiger partial charge in [-0.05, 0) is 42.0 Å². The van der Waals surface area contributed by atoms with Gasteiger partial charge in [0, 0.05) is 11.8 Å². The van der Waals surface area contributed by atoms with Crippen molar-refractivity contribution in [3.05, 3.63) is 121 Å². The molecule has 3 aromatic heterocycles. The molecule has 4 heteroatoms. The molecule has 0 aliphatic carbocycles. The first-order valence-electron chi connectivity index (χ1n) is 10.3. The first kappa shape index (κ1) is 19.5. The van der Waals surface area contributed by atoms with Crippen LogP contribution in [0.15, 0.2) is 114 Å². The maximum atomic E-state index is 13.4. The van der Waals surface area contributed by atoms with Crippen LogP contribution < -0.4 is 0 Å². The predicted molar refractivity (Wildman–Crippen MR) is 127 cm³/mol. The third-order valence-corrected chi connectivity index (χ3v) is 5.36. The summed E-state index contributed by atoms with van der Waals surface area (Å²) in [6.07, 6.45) is 3.36. The largest absolute Gasteiger partial charge is 0.463 e. The number of rotatable bonds is 6. The molecule has 0 spiro atoms. The van der Waals surface area contributed by atoms with Gasteiger partial charge in [0.1, 0.15) is 5.69 Å². The molecule has 0 N–H and O–H groups in total. The van der Waals surface area contributed by atoms with Crippen molar-refractivity contribution in [2.45, 2.75) is 0 Å². The van der Waals surface area contributed by atoms with Crippen molar-refractivity contribution >= 4 is 12.0 Å². The Labute approximate surface area is 186 Å². The summed E-state index contributed by atoms with van der Waals surface area (Å²) in [6.45, 7) is 4.01. The molecule has 154 valence electrons. The average molecular weight is 416 g/mol. The monoisotopic (exact) mass is 416 g/mol. The molecule has 0 unspecified atom stereocenters. The van der Waals surface area contributed by atoms with Gasteiger partial charge >= 0.3 is 0 Å². The van der Waals surface area contributed by atoms with E-state index in [2.05, 4.69) is 6.58 Å². The number of aromatic nitrogens is 2. The van der Waals surface area contributed by atoms with E-state index in [1.54, 1.807) is 12.5 Å². The number of nitrogens with zero attached hydrogens (tertiary/aromatic N) is 2. The molecule has 0 atom stereocenters. The van der Waals surface area contributed by atoms with Gasteiger partial charge in [0.25, 0.3) is 0 Å². The molecule has 4 nitrogen and oxygen atoms in total. The molecule has 5 aromatic rings. The van der Waals surface area contributed by atoms with Crippen LogP contribution in [-0.4, -0.2) is 15.3 Å². The van der Waals surface area contributed by atoms with E-state index in [-0.39, 0.29) is 5.78 Å². The highest BCUT2D eigenvalue weighted by Crippen LogP contribution is 2.33. The summed E-state index contributed by atoms with van der Waals surface area (Å²) < 4.78 is 7.52. The van der Waals surface area contributed by atoms with Gasteiger partial charge in [-0.25, -0.2) is 4.98 Å². The Morgan fingerprint density at radius 2 is 1.53 bits per heavy atom. The van der Waals surface area contributed by atoms with Crippen molar-refractivity contribution in [2.75, 3.05) is 0 Å². The van der Waals surface area contributed by atoms with Crippen LogP contribution in [0.2, 0.25) is 0 Å². The van der Waals surface area contributed by atoms with Crippen LogP contribution in [0, 0.1) is 0 Å². The van der Waals surface area contributed by atoms with E-state index in [1.807, 2.05) is 102 Å². The fourth-order valence-corrected chi connectivity index (χ4v) is 3.83. The van der Waals surface area contributed by atoms with E-state index in [0.717, 1.165) is 17.0 Å². The van der Waals surface area contributed by atoms with Gasteiger partial charge in [0.2, 0.25) is 0 Å².